The van der Waals surface area contributed by atoms with Gasteiger partial charge < -0.3 is 25.8 Å². The van der Waals surface area contributed by atoms with E-state index in [1.54, 1.807) is 6.08 Å². The molecule has 28 heavy (non-hydrogen) atoms. The normalized spacial score (nSPS) is 16.1. The van der Waals surface area contributed by atoms with E-state index in [9.17, 15) is 14.6 Å². The number of aromatic amines is 1. The number of nitrogen functional groups attached to an aromatic ring is 1. The van der Waals surface area contributed by atoms with Gasteiger partial charge in [-0.15, -0.1) is 0 Å². The minimum Gasteiger partial charge on any atom is -0.382 e. The molecule has 0 aromatic carbocycles. The summed E-state index contributed by atoms with van der Waals surface area (Å²) in [6.07, 6.45) is 8.15. The Balaban J connectivity index is 0.00000136. The van der Waals surface area contributed by atoms with Crippen LogP contribution in [0.2, 0.25) is 0 Å². The van der Waals surface area contributed by atoms with Crippen LogP contribution in [0.5, 0.6) is 0 Å². The van der Waals surface area contributed by atoms with Crippen LogP contribution in [0.1, 0.15) is 40.0 Å². The lowest BCUT2D eigenvalue weighted by Crippen LogP contribution is -2.19. The number of nitrogens with one attached hydrogen (secondary N) is 2. The highest BCUT2D eigenvalue weighted by Crippen LogP contribution is 2.37. The molecule has 0 aliphatic heterocycles. The predicted molar refractivity (Wildman–Crippen MR) is 114 cm³/mol. The van der Waals surface area contributed by atoms with E-state index in [0.717, 1.165) is 25.0 Å². The molecule has 0 saturated heterocycles. The van der Waals surface area contributed by atoms with Gasteiger partial charge in [-0.2, -0.15) is 9.97 Å². The molecule has 1 atom stereocenters. The minimum absolute atomic E-state index is 0.213. The van der Waals surface area contributed by atoms with Gasteiger partial charge in [-0.25, -0.2) is 4.79 Å². The maximum atomic E-state index is 12.4. The zero-order chi connectivity index (χ0) is 20.7. The number of anilines is 2. The van der Waals surface area contributed by atoms with Gasteiger partial charge in [0.05, 0.1) is 12.2 Å². The van der Waals surface area contributed by atoms with Crippen LogP contribution in [0.25, 0.3) is 11.2 Å². The molecule has 1 unspecified atom stereocenters. The lowest BCUT2D eigenvalue weighted by molar-refractivity contribution is 0.472. The van der Waals surface area contributed by atoms with Crippen LogP contribution in [0.3, 0.4) is 0 Å². The molecule has 10 heteroatoms. The molecule has 2 heterocycles. The van der Waals surface area contributed by atoms with Gasteiger partial charge in [0.2, 0.25) is 5.95 Å². The van der Waals surface area contributed by atoms with Gasteiger partial charge in [-0.3, -0.25) is 4.57 Å². The van der Waals surface area contributed by atoms with Crippen LogP contribution in [0.15, 0.2) is 28.6 Å². The smallest absolute Gasteiger partial charge is 0.328 e. The molecule has 1 aliphatic rings. The van der Waals surface area contributed by atoms with Crippen LogP contribution >= 0.6 is 8.38 Å². The van der Waals surface area contributed by atoms with Crippen molar-refractivity contribution in [2.24, 2.45) is 0 Å². The highest BCUT2D eigenvalue weighted by molar-refractivity contribution is 7.46. The van der Waals surface area contributed by atoms with Crippen molar-refractivity contribution in [2.45, 2.75) is 52.2 Å². The Hall–Kier alpha value is -2.22. The third-order valence-corrected chi connectivity index (χ3v) is 5.17. The van der Waals surface area contributed by atoms with Crippen molar-refractivity contribution in [2.75, 3.05) is 17.6 Å². The first kappa shape index (κ1) is 22.1. The number of unbranched alkanes of at least 4 members (excludes halogenated alkanes) is 1. The molecule has 1 aliphatic carbocycles. The number of rotatable bonds is 7. The first-order valence-electron chi connectivity index (χ1n) is 9.53. The Morgan fingerprint density at radius 1 is 1.39 bits per heavy atom. The van der Waals surface area contributed by atoms with Crippen LogP contribution in [-0.2, 0) is 6.54 Å². The fourth-order valence-corrected chi connectivity index (χ4v) is 3.47. The summed E-state index contributed by atoms with van der Waals surface area (Å²) in [6, 6.07) is 0. The summed E-state index contributed by atoms with van der Waals surface area (Å²) in [7, 11) is -2.05. The summed E-state index contributed by atoms with van der Waals surface area (Å²) < 4.78 is 1.48. The predicted octanol–water partition coefficient (Wildman–Crippen LogP) is 2.49. The zero-order valence-electron chi connectivity index (χ0n) is 16.5. The summed E-state index contributed by atoms with van der Waals surface area (Å²) >= 11 is 0. The average Bonchev–Trinajstić information content (AvgIpc) is 3.00. The third kappa shape index (κ3) is 5.19. The van der Waals surface area contributed by atoms with Crippen molar-refractivity contribution in [3.05, 3.63) is 34.3 Å². The SMILES string of the molecule is CC.CCCCNc1nc(N)c2[nH]c(=O)n(CC3=CC(P(O)O)CC=C3)c2n1. The Kier molecular flexibility index (Phi) is 8.17. The molecule has 0 bridgehead atoms. The first-order valence-corrected chi connectivity index (χ1v) is 10.8. The molecule has 0 fully saturated rings. The van der Waals surface area contributed by atoms with Crippen molar-refractivity contribution in [3.8, 4) is 0 Å². The lowest BCUT2D eigenvalue weighted by Gasteiger charge is -2.17. The Morgan fingerprint density at radius 3 is 2.82 bits per heavy atom. The Bertz CT molecular complexity index is 903. The second-order valence-electron chi connectivity index (χ2n) is 6.20. The molecule has 0 radical (unpaired) electrons. The fraction of sp³-hybridized carbons (Fsp3) is 0.500. The van der Waals surface area contributed by atoms with Crippen molar-refractivity contribution in [1.82, 2.24) is 19.5 Å². The molecular weight excluding hydrogens is 379 g/mol. The average molecular weight is 408 g/mol. The number of fused-ring (bicyclic) bond motifs is 1. The maximum absolute atomic E-state index is 12.4. The van der Waals surface area contributed by atoms with Crippen LogP contribution in [0, 0.1) is 0 Å². The second kappa shape index (κ2) is 10.4. The number of aromatic nitrogens is 4. The summed E-state index contributed by atoms with van der Waals surface area (Å²) in [6.45, 7) is 7.08. The number of nitrogens with two attached hydrogens (primary N) is 1. The van der Waals surface area contributed by atoms with Gasteiger partial charge >= 0.3 is 5.69 Å². The first-order chi connectivity index (χ1) is 13.5. The highest BCUT2D eigenvalue weighted by Gasteiger charge is 2.19. The quantitative estimate of drug-likeness (QED) is 0.350. The number of H-pyrrole nitrogens is 1. The molecule has 3 rings (SSSR count). The molecule has 2 aromatic rings. The topological polar surface area (TPSA) is 142 Å². The van der Waals surface area contributed by atoms with E-state index < -0.39 is 8.38 Å². The molecule has 6 N–H and O–H groups in total. The van der Waals surface area contributed by atoms with E-state index in [4.69, 9.17) is 5.73 Å². The molecule has 0 amide bonds. The third-order valence-electron chi connectivity index (χ3n) is 4.22. The van der Waals surface area contributed by atoms with Crippen LogP contribution < -0.4 is 16.7 Å². The minimum atomic E-state index is -2.05. The van der Waals surface area contributed by atoms with Crippen molar-refractivity contribution in [1.29, 1.82) is 0 Å². The van der Waals surface area contributed by atoms with Crippen LogP contribution in [0.4, 0.5) is 11.8 Å². The van der Waals surface area contributed by atoms with Crippen LogP contribution in [-0.4, -0.2) is 41.5 Å². The van der Waals surface area contributed by atoms with Gasteiger partial charge in [0.25, 0.3) is 0 Å². The molecule has 2 aromatic heterocycles. The van der Waals surface area contributed by atoms with E-state index in [0.29, 0.717) is 23.5 Å². The Labute approximate surface area is 165 Å². The Morgan fingerprint density at radius 2 is 2.14 bits per heavy atom. The van der Waals surface area contributed by atoms with Gasteiger partial charge in [0.15, 0.2) is 19.8 Å². The molecule has 0 saturated carbocycles. The zero-order valence-corrected chi connectivity index (χ0v) is 17.4. The van der Waals surface area contributed by atoms with Gasteiger partial charge in [0.1, 0.15) is 5.52 Å². The van der Waals surface area contributed by atoms with E-state index in [1.807, 2.05) is 26.0 Å². The van der Waals surface area contributed by atoms with E-state index >= 15 is 0 Å². The van der Waals surface area contributed by atoms with Crippen molar-refractivity contribution >= 4 is 31.3 Å². The van der Waals surface area contributed by atoms with E-state index in [2.05, 4.69) is 27.2 Å². The molecule has 9 nitrogen and oxygen atoms in total. The summed E-state index contributed by atoms with van der Waals surface area (Å²) in [5, 5.41) is 3.12. The van der Waals surface area contributed by atoms with Gasteiger partial charge in [0, 0.05) is 6.54 Å². The van der Waals surface area contributed by atoms with Gasteiger partial charge in [-0.05, 0) is 18.4 Å². The van der Waals surface area contributed by atoms with E-state index in [-0.39, 0.29) is 23.7 Å². The monoisotopic (exact) mass is 408 g/mol. The summed E-state index contributed by atoms with van der Waals surface area (Å²) in [5.41, 5.74) is 6.96. The molecule has 0 spiro atoms. The number of allylic oxidation sites excluding steroid dienone is 4. The number of hydrogen-bond donors (Lipinski definition) is 5. The summed E-state index contributed by atoms with van der Waals surface area (Å²) in [4.78, 5) is 42.6. The van der Waals surface area contributed by atoms with Crippen molar-refractivity contribution < 1.29 is 9.79 Å². The standard InChI is InChI=1S/C16H23N6O3P.C2H6/c1-2-3-7-18-15-20-13(17)12-14(21-15)22(16(23)19-12)9-10-5-4-6-11(8-10)26(24)25;1-2/h4-5,8,11,24-25H,2-3,6-7,9H2,1H3,(H,19,23)(H3,17,18,20,21);1-2H3. The van der Waals surface area contributed by atoms with E-state index in [1.165, 1.54) is 4.57 Å². The van der Waals surface area contributed by atoms with Gasteiger partial charge in [-0.1, -0.05) is 45.4 Å². The largest absolute Gasteiger partial charge is 0.382 e. The number of hydrogen-bond acceptors (Lipinski definition) is 7. The lowest BCUT2D eigenvalue weighted by atomic mass is 10.1. The summed E-state index contributed by atoms with van der Waals surface area (Å²) in [5.74, 6) is 0.599. The maximum Gasteiger partial charge on any atom is 0.328 e. The second-order valence-corrected chi connectivity index (χ2v) is 7.50. The number of nitrogens with zero attached hydrogens (tertiary/aromatic N) is 3. The molecule has 154 valence electrons. The highest BCUT2D eigenvalue weighted by atomic mass is 31.2. The van der Waals surface area contributed by atoms with Crippen molar-refractivity contribution in [3.63, 3.8) is 0 Å². The number of imidazole rings is 1. The fourth-order valence-electron chi connectivity index (χ4n) is 2.83. The molecular formula is C18H29N6O3P.